The van der Waals surface area contributed by atoms with Crippen molar-refractivity contribution in [2.45, 2.75) is 76.9 Å². The van der Waals surface area contributed by atoms with Gasteiger partial charge in [-0.25, -0.2) is 9.78 Å². The molecule has 0 aromatic carbocycles. The number of aromatic amines is 1. The second kappa shape index (κ2) is 9.85. The molecule has 2 heterocycles. The Bertz CT molecular complexity index is 791. The third kappa shape index (κ3) is 5.00. The predicted molar refractivity (Wildman–Crippen MR) is 105 cm³/mol. The number of nitrogens with one attached hydrogen (secondary N) is 1. The lowest BCUT2D eigenvalue weighted by atomic mass is 10.1. The number of aromatic nitrogens is 4. The van der Waals surface area contributed by atoms with Crippen LogP contribution in [0.2, 0.25) is 0 Å². The maximum atomic E-state index is 12.2. The highest BCUT2D eigenvalue weighted by Crippen LogP contribution is 2.23. The van der Waals surface area contributed by atoms with Crippen molar-refractivity contribution in [3.8, 4) is 0 Å². The van der Waals surface area contributed by atoms with Crippen molar-refractivity contribution in [1.29, 1.82) is 0 Å². The van der Waals surface area contributed by atoms with Gasteiger partial charge in [-0.15, -0.1) is 0 Å². The van der Waals surface area contributed by atoms with Gasteiger partial charge >= 0.3 is 5.69 Å². The smallest absolute Gasteiger partial charge is 0.313 e. The largest absolute Gasteiger partial charge is 0.329 e. The van der Waals surface area contributed by atoms with Crippen LogP contribution in [0.1, 0.15) is 65.2 Å². The third-order valence-corrected chi connectivity index (χ3v) is 5.46. The Hall–Kier alpha value is -1.50. The van der Waals surface area contributed by atoms with Crippen molar-refractivity contribution >= 4 is 22.9 Å². The number of aryl methyl sites for hydroxylation is 2. The zero-order chi connectivity index (χ0) is 18.2. The molecule has 0 aliphatic rings. The Morgan fingerprint density at radius 3 is 2.36 bits per heavy atom. The van der Waals surface area contributed by atoms with Crippen LogP contribution in [0.5, 0.6) is 0 Å². The Labute approximate surface area is 153 Å². The average Bonchev–Trinajstić information content (AvgIpc) is 2.95. The first-order valence-electron chi connectivity index (χ1n) is 9.42. The van der Waals surface area contributed by atoms with E-state index in [1.165, 1.54) is 43.1 Å². The highest BCUT2D eigenvalue weighted by atomic mass is 32.2. The van der Waals surface area contributed by atoms with Crippen LogP contribution in [0.25, 0.3) is 11.2 Å². The van der Waals surface area contributed by atoms with Gasteiger partial charge in [0.05, 0.1) is 0 Å². The van der Waals surface area contributed by atoms with E-state index in [1.807, 2.05) is 4.57 Å². The fraction of sp³-hybridized carbons (Fsp3) is 0.722. The van der Waals surface area contributed by atoms with Gasteiger partial charge in [0.25, 0.3) is 5.56 Å². The second-order valence-electron chi connectivity index (χ2n) is 6.51. The number of thioether (sulfide) groups is 1. The molecule has 2 rings (SSSR count). The van der Waals surface area contributed by atoms with E-state index in [1.54, 1.807) is 18.8 Å². The Balaban J connectivity index is 2.04. The van der Waals surface area contributed by atoms with Gasteiger partial charge in [-0.1, -0.05) is 64.1 Å². The van der Waals surface area contributed by atoms with Crippen LogP contribution in [-0.2, 0) is 13.6 Å². The van der Waals surface area contributed by atoms with E-state index in [4.69, 9.17) is 0 Å². The monoisotopic (exact) mass is 366 g/mol. The predicted octanol–water partition coefficient (Wildman–Crippen LogP) is 3.68. The summed E-state index contributed by atoms with van der Waals surface area (Å²) in [7, 11) is 1.65. The SMILES string of the molecule is CCCCCCCCCSc1nc2c(c(=O)[nH]c(=O)n2C)n1CCC. The van der Waals surface area contributed by atoms with E-state index in [0.717, 1.165) is 30.3 Å². The molecular weight excluding hydrogens is 336 g/mol. The maximum Gasteiger partial charge on any atom is 0.329 e. The maximum absolute atomic E-state index is 12.2. The van der Waals surface area contributed by atoms with Crippen LogP contribution in [-0.4, -0.2) is 24.9 Å². The van der Waals surface area contributed by atoms with Gasteiger partial charge in [-0.05, 0) is 12.8 Å². The number of unbranched alkanes of at least 4 members (excludes halogenated alkanes) is 6. The van der Waals surface area contributed by atoms with Crippen LogP contribution < -0.4 is 11.2 Å². The van der Waals surface area contributed by atoms with E-state index < -0.39 is 5.69 Å². The molecule has 25 heavy (non-hydrogen) atoms. The minimum Gasteiger partial charge on any atom is -0.313 e. The number of nitrogens with zero attached hydrogens (tertiary/aromatic N) is 3. The van der Waals surface area contributed by atoms with E-state index in [-0.39, 0.29) is 5.56 Å². The molecule has 0 aliphatic carbocycles. The molecule has 0 spiro atoms. The molecule has 0 aliphatic heterocycles. The lowest BCUT2D eigenvalue weighted by Crippen LogP contribution is -2.29. The highest BCUT2D eigenvalue weighted by Gasteiger charge is 2.16. The van der Waals surface area contributed by atoms with Crippen molar-refractivity contribution < 1.29 is 0 Å². The summed E-state index contributed by atoms with van der Waals surface area (Å²) in [6.07, 6.45) is 9.88. The van der Waals surface area contributed by atoms with Crippen molar-refractivity contribution in [1.82, 2.24) is 19.1 Å². The summed E-state index contributed by atoms with van der Waals surface area (Å²) in [4.78, 5) is 31.0. The van der Waals surface area contributed by atoms with Crippen LogP contribution in [0.3, 0.4) is 0 Å². The normalized spacial score (nSPS) is 11.5. The summed E-state index contributed by atoms with van der Waals surface area (Å²) in [6, 6.07) is 0. The molecule has 0 bridgehead atoms. The van der Waals surface area contributed by atoms with E-state index in [2.05, 4.69) is 23.8 Å². The summed E-state index contributed by atoms with van der Waals surface area (Å²) in [6.45, 7) is 5.05. The molecule has 0 fully saturated rings. The molecule has 6 nitrogen and oxygen atoms in total. The van der Waals surface area contributed by atoms with Gasteiger partial charge in [0.1, 0.15) is 0 Å². The van der Waals surface area contributed by atoms with Gasteiger partial charge in [0.15, 0.2) is 16.3 Å². The van der Waals surface area contributed by atoms with Gasteiger partial charge in [-0.3, -0.25) is 14.3 Å². The lowest BCUT2D eigenvalue weighted by molar-refractivity contribution is 0.602. The van der Waals surface area contributed by atoms with Crippen molar-refractivity contribution in [2.24, 2.45) is 7.05 Å². The topological polar surface area (TPSA) is 72.7 Å². The number of H-pyrrole nitrogens is 1. The first-order valence-corrected chi connectivity index (χ1v) is 10.4. The average molecular weight is 367 g/mol. The Kier molecular flexibility index (Phi) is 7.81. The summed E-state index contributed by atoms with van der Waals surface area (Å²) >= 11 is 1.69. The van der Waals surface area contributed by atoms with Crippen LogP contribution in [0, 0.1) is 0 Å². The minimum absolute atomic E-state index is 0.346. The van der Waals surface area contributed by atoms with Crippen molar-refractivity contribution in [3.05, 3.63) is 20.8 Å². The number of imidazole rings is 1. The van der Waals surface area contributed by atoms with Crippen molar-refractivity contribution in [3.63, 3.8) is 0 Å². The quantitative estimate of drug-likeness (QED) is 0.486. The van der Waals surface area contributed by atoms with Crippen LogP contribution in [0.15, 0.2) is 14.7 Å². The fourth-order valence-electron chi connectivity index (χ4n) is 2.98. The molecule has 2 aromatic heterocycles. The number of fused-ring (bicyclic) bond motifs is 1. The summed E-state index contributed by atoms with van der Waals surface area (Å²) in [5, 5.41) is 0.842. The van der Waals surface area contributed by atoms with Crippen LogP contribution >= 0.6 is 11.8 Å². The minimum atomic E-state index is -0.415. The molecule has 0 saturated carbocycles. The molecule has 0 saturated heterocycles. The summed E-state index contributed by atoms with van der Waals surface area (Å²) in [5.41, 5.74) is 0.222. The standard InChI is InChI=1S/C18H30N4O2S/c1-4-6-7-8-9-10-11-13-25-18-19-15-14(22(18)12-5-2)16(23)20-17(24)21(15)3/h4-13H2,1-3H3,(H,20,23,24). The molecule has 0 atom stereocenters. The first kappa shape index (κ1) is 19.8. The number of hydrogen-bond donors (Lipinski definition) is 1. The third-order valence-electron chi connectivity index (χ3n) is 4.40. The van der Waals surface area contributed by atoms with Gasteiger partial charge < -0.3 is 4.57 Å². The molecule has 0 radical (unpaired) electrons. The highest BCUT2D eigenvalue weighted by molar-refractivity contribution is 7.99. The Morgan fingerprint density at radius 1 is 1.00 bits per heavy atom. The van der Waals surface area contributed by atoms with Gasteiger partial charge in [0, 0.05) is 19.3 Å². The number of hydrogen-bond acceptors (Lipinski definition) is 4. The van der Waals surface area contributed by atoms with Gasteiger partial charge in [-0.2, -0.15) is 0 Å². The fourth-order valence-corrected chi connectivity index (χ4v) is 4.00. The molecule has 0 unspecified atom stereocenters. The Morgan fingerprint density at radius 2 is 1.68 bits per heavy atom. The molecule has 7 heteroatoms. The van der Waals surface area contributed by atoms with Crippen molar-refractivity contribution in [2.75, 3.05) is 5.75 Å². The van der Waals surface area contributed by atoms with E-state index in [9.17, 15) is 9.59 Å². The first-order chi connectivity index (χ1) is 12.1. The summed E-state index contributed by atoms with van der Waals surface area (Å²) < 4.78 is 3.38. The zero-order valence-corrected chi connectivity index (χ0v) is 16.5. The van der Waals surface area contributed by atoms with Gasteiger partial charge in [0.2, 0.25) is 0 Å². The zero-order valence-electron chi connectivity index (χ0n) is 15.6. The lowest BCUT2D eigenvalue weighted by Gasteiger charge is -2.06. The molecular formula is C18H30N4O2S. The van der Waals surface area contributed by atoms with E-state index in [0.29, 0.717) is 11.2 Å². The van der Waals surface area contributed by atoms with E-state index >= 15 is 0 Å². The second-order valence-corrected chi connectivity index (χ2v) is 7.57. The summed E-state index contributed by atoms with van der Waals surface area (Å²) in [5.74, 6) is 0.993. The molecule has 140 valence electrons. The van der Waals surface area contributed by atoms with Crippen LogP contribution in [0.4, 0.5) is 0 Å². The molecule has 2 aromatic rings. The number of rotatable bonds is 11. The molecule has 1 N–H and O–H groups in total. The molecule has 0 amide bonds.